The van der Waals surface area contributed by atoms with Gasteiger partial charge < -0.3 is 9.80 Å². The second kappa shape index (κ2) is 12.5. The lowest BCUT2D eigenvalue weighted by molar-refractivity contribution is 0.360. The number of aliphatic imine (C=N–C) groups is 1. The van der Waals surface area contributed by atoms with Crippen molar-refractivity contribution < 1.29 is 0 Å². The molecule has 0 bridgehead atoms. The van der Waals surface area contributed by atoms with Crippen molar-refractivity contribution in [1.29, 1.82) is 0 Å². The van der Waals surface area contributed by atoms with E-state index < -0.39 is 0 Å². The summed E-state index contributed by atoms with van der Waals surface area (Å²) in [6.45, 7) is 4.08. The molecule has 224 valence electrons. The Morgan fingerprint density at radius 3 is 1.52 bits per heavy atom. The molecule has 0 aromatic heterocycles. The van der Waals surface area contributed by atoms with Crippen LogP contribution in [0.4, 0.5) is 5.69 Å². The Kier molecular flexibility index (Phi) is 7.65. The van der Waals surface area contributed by atoms with E-state index in [9.17, 15) is 0 Å². The minimum Gasteiger partial charge on any atom is -0.342 e. The van der Waals surface area contributed by atoms with Crippen LogP contribution in [-0.2, 0) is 0 Å². The predicted molar refractivity (Wildman–Crippen MR) is 194 cm³/mol. The van der Waals surface area contributed by atoms with Crippen molar-refractivity contribution in [3.05, 3.63) is 152 Å². The largest absolute Gasteiger partial charge is 0.342 e. The quantitative estimate of drug-likeness (QED) is 0.191. The predicted octanol–water partition coefficient (Wildman–Crippen LogP) is 10.3. The fourth-order valence-corrected chi connectivity index (χ4v) is 7.17. The maximum atomic E-state index is 5.00. The van der Waals surface area contributed by atoms with Gasteiger partial charge in [-0.15, -0.1) is 0 Å². The van der Waals surface area contributed by atoms with Crippen molar-refractivity contribution in [2.45, 2.75) is 12.8 Å². The van der Waals surface area contributed by atoms with Crippen LogP contribution in [0.3, 0.4) is 0 Å². The van der Waals surface area contributed by atoms with E-state index in [-0.39, 0.29) is 0 Å². The van der Waals surface area contributed by atoms with Gasteiger partial charge in [-0.25, -0.2) is 0 Å². The molecule has 2 heterocycles. The van der Waals surface area contributed by atoms with Gasteiger partial charge in [0, 0.05) is 31.9 Å². The average Bonchev–Trinajstić information content (AvgIpc) is 3.15. The van der Waals surface area contributed by atoms with Crippen LogP contribution >= 0.6 is 0 Å². The first kappa shape index (κ1) is 28.1. The zero-order chi connectivity index (χ0) is 30.7. The zero-order valence-corrected chi connectivity index (χ0v) is 26.0. The number of rotatable bonds is 6. The maximum Gasteiger partial charge on any atom is 0.201 e. The van der Waals surface area contributed by atoms with Gasteiger partial charge in [0.25, 0.3) is 0 Å². The molecule has 1 saturated heterocycles. The Morgan fingerprint density at radius 1 is 0.413 bits per heavy atom. The van der Waals surface area contributed by atoms with Gasteiger partial charge in [-0.2, -0.15) is 0 Å². The highest BCUT2D eigenvalue weighted by Gasteiger charge is 2.28. The molecule has 6 aromatic rings. The summed E-state index contributed by atoms with van der Waals surface area (Å²) in [6.07, 6.45) is 2.27. The summed E-state index contributed by atoms with van der Waals surface area (Å²) in [6, 6.07) is 55.2. The highest BCUT2D eigenvalue weighted by atomic mass is 15.4. The maximum absolute atomic E-state index is 5.00. The third-order valence-electron chi connectivity index (χ3n) is 9.24. The first-order chi connectivity index (χ1) is 22.8. The number of anilines is 1. The lowest BCUT2D eigenvalue weighted by atomic mass is 9.79. The van der Waals surface area contributed by atoms with E-state index >= 15 is 0 Å². The molecular formula is C43H37N3. The van der Waals surface area contributed by atoms with Gasteiger partial charge in [0.15, 0.2) is 0 Å². The fourth-order valence-electron chi connectivity index (χ4n) is 7.17. The van der Waals surface area contributed by atoms with E-state index in [0.29, 0.717) is 0 Å². The van der Waals surface area contributed by atoms with E-state index in [0.717, 1.165) is 45.0 Å². The van der Waals surface area contributed by atoms with Gasteiger partial charge in [-0.05, 0) is 86.7 Å². The van der Waals surface area contributed by atoms with E-state index in [1.807, 2.05) is 0 Å². The molecule has 0 amide bonds. The molecule has 0 spiro atoms. The van der Waals surface area contributed by atoms with Gasteiger partial charge in [-0.1, -0.05) is 133 Å². The third kappa shape index (κ3) is 5.28. The van der Waals surface area contributed by atoms with Crippen molar-refractivity contribution in [2.24, 2.45) is 4.99 Å². The second-order valence-electron chi connectivity index (χ2n) is 12.1. The van der Waals surface area contributed by atoms with Crippen LogP contribution in [0, 0.1) is 0 Å². The molecular weight excluding hydrogens is 558 g/mol. The lowest BCUT2D eigenvalue weighted by Crippen LogP contribution is -2.52. The van der Waals surface area contributed by atoms with Crippen molar-refractivity contribution in [3.8, 4) is 55.6 Å². The summed E-state index contributed by atoms with van der Waals surface area (Å²) in [4.78, 5) is 9.89. The summed E-state index contributed by atoms with van der Waals surface area (Å²) in [5.41, 5.74) is 13.4. The van der Waals surface area contributed by atoms with Crippen molar-refractivity contribution >= 4 is 11.6 Å². The topological polar surface area (TPSA) is 18.8 Å². The van der Waals surface area contributed by atoms with Crippen LogP contribution in [0.1, 0.15) is 12.8 Å². The first-order valence-corrected chi connectivity index (χ1v) is 16.5. The van der Waals surface area contributed by atoms with Crippen LogP contribution in [0.5, 0.6) is 0 Å². The molecule has 3 heteroatoms. The van der Waals surface area contributed by atoms with Crippen molar-refractivity contribution in [3.63, 3.8) is 0 Å². The summed E-state index contributed by atoms with van der Waals surface area (Å²) < 4.78 is 0. The second-order valence-corrected chi connectivity index (χ2v) is 12.1. The van der Waals surface area contributed by atoms with Crippen LogP contribution in [-0.4, -0.2) is 37.0 Å². The van der Waals surface area contributed by atoms with Gasteiger partial charge in [0.1, 0.15) is 0 Å². The minimum atomic E-state index is 0.905. The highest BCUT2D eigenvalue weighted by Crippen LogP contribution is 2.50. The minimum absolute atomic E-state index is 0.905. The molecule has 8 rings (SSSR count). The monoisotopic (exact) mass is 595 g/mol. The molecule has 1 fully saturated rings. The summed E-state index contributed by atoms with van der Waals surface area (Å²) >= 11 is 0. The molecule has 2 aliphatic heterocycles. The van der Waals surface area contributed by atoms with Gasteiger partial charge in [-0.3, -0.25) is 4.99 Å². The number of hydrogen-bond donors (Lipinski definition) is 0. The first-order valence-electron chi connectivity index (χ1n) is 16.5. The van der Waals surface area contributed by atoms with Crippen LogP contribution < -0.4 is 4.90 Å². The molecule has 3 nitrogen and oxygen atoms in total. The van der Waals surface area contributed by atoms with Crippen LogP contribution in [0.15, 0.2) is 157 Å². The third-order valence-corrected chi connectivity index (χ3v) is 9.24. The van der Waals surface area contributed by atoms with Gasteiger partial charge >= 0.3 is 0 Å². The Labute approximate surface area is 272 Å². The van der Waals surface area contributed by atoms with E-state index in [2.05, 4.69) is 161 Å². The van der Waals surface area contributed by atoms with Gasteiger partial charge in [0.05, 0.1) is 0 Å². The normalized spacial score (nSPS) is 14.5. The van der Waals surface area contributed by atoms with Crippen LogP contribution in [0.25, 0.3) is 55.6 Å². The SMILES string of the molecule is c1ccc(-c2cc(-c3cccc(N4CCCN5CCCN=C54)c3)c(-c3ccccc3)c(-c3ccccc3)c2-c2ccccc2)cc1. The molecule has 0 aliphatic carbocycles. The molecule has 0 radical (unpaired) electrons. The number of guanidine groups is 1. The fraction of sp³-hybridized carbons (Fsp3) is 0.140. The van der Waals surface area contributed by atoms with Gasteiger partial charge in [0.2, 0.25) is 5.96 Å². The van der Waals surface area contributed by atoms with Crippen LogP contribution in [0.2, 0.25) is 0 Å². The van der Waals surface area contributed by atoms with E-state index in [4.69, 9.17) is 4.99 Å². The molecule has 6 aromatic carbocycles. The molecule has 0 unspecified atom stereocenters. The smallest absolute Gasteiger partial charge is 0.201 e. The van der Waals surface area contributed by atoms with E-state index in [1.54, 1.807) is 0 Å². The zero-order valence-electron chi connectivity index (χ0n) is 26.0. The molecule has 2 aliphatic rings. The molecule has 0 saturated carbocycles. The number of nitrogens with zero attached hydrogens (tertiary/aromatic N) is 3. The molecule has 46 heavy (non-hydrogen) atoms. The summed E-state index contributed by atoms with van der Waals surface area (Å²) in [5, 5.41) is 0. The Balaban J connectivity index is 1.45. The van der Waals surface area contributed by atoms with Crippen molar-refractivity contribution in [1.82, 2.24) is 4.90 Å². The Hall–Kier alpha value is -5.41. The summed E-state index contributed by atoms with van der Waals surface area (Å²) in [7, 11) is 0. The van der Waals surface area contributed by atoms with Crippen molar-refractivity contribution in [2.75, 3.05) is 31.1 Å². The Bertz CT molecular complexity index is 1980. The number of hydrogen-bond acceptors (Lipinski definition) is 3. The Morgan fingerprint density at radius 2 is 0.913 bits per heavy atom. The van der Waals surface area contributed by atoms with E-state index in [1.165, 1.54) is 61.3 Å². The number of benzene rings is 6. The lowest BCUT2D eigenvalue weighted by Gasteiger charge is -2.41. The summed E-state index contributed by atoms with van der Waals surface area (Å²) in [5.74, 6) is 1.13. The molecule has 0 atom stereocenters. The molecule has 0 N–H and O–H groups in total. The average molecular weight is 596 g/mol. The standard InChI is InChI=1S/C43H37N3/c1-5-16-32(17-6-1)38-31-39(36-24-13-25-37(30-36)46-29-15-28-45-27-14-26-44-43(45)46)41(34-20-9-3-10-21-34)42(35-22-11-4-12-23-35)40(38)33-18-7-2-8-19-33/h1-13,16-25,30-31H,14-15,26-29H2. The highest BCUT2D eigenvalue weighted by molar-refractivity contribution is 6.08. The number of fused-ring (bicyclic) bond motifs is 1.